The van der Waals surface area contributed by atoms with E-state index in [4.69, 9.17) is 32.7 Å². The third-order valence-corrected chi connectivity index (χ3v) is 5.63. The van der Waals surface area contributed by atoms with Crippen molar-refractivity contribution >= 4 is 34.8 Å². The molecule has 4 aromatic rings. The lowest BCUT2D eigenvalue weighted by Crippen LogP contribution is -2.13. The number of benzene rings is 4. The summed E-state index contributed by atoms with van der Waals surface area (Å²) in [5.74, 6) is 1.06. The molecule has 1 N–H and O–H groups in total. The third kappa shape index (κ3) is 5.67. The van der Waals surface area contributed by atoms with Gasteiger partial charge in [0.05, 0.1) is 17.8 Å². The van der Waals surface area contributed by atoms with Crippen molar-refractivity contribution in [1.29, 1.82) is 0 Å². The largest absolute Gasteiger partial charge is 0.496 e. The molecule has 0 fully saturated rings. The first-order chi connectivity index (χ1) is 16.0. The van der Waals surface area contributed by atoms with Gasteiger partial charge >= 0.3 is 0 Å². The number of carbonyl (C=O) groups excluding carboxylic acids is 1. The minimum atomic E-state index is -0.296. The molecule has 0 aromatic heterocycles. The summed E-state index contributed by atoms with van der Waals surface area (Å²) in [5, 5.41) is 3.67. The van der Waals surface area contributed by atoms with Crippen molar-refractivity contribution in [2.45, 2.75) is 6.61 Å². The molecule has 33 heavy (non-hydrogen) atoms. The molecule has 4 rings (SSSR count). The highest BCUT2D eigenvalue weighted by atomic mass is 35.5. The predicted octanol–water partition coefficient (Wildman–Crippen LogP) is 7.50. The van der Waals surface area contributed by atoms with E-state index >= 15 is 0 Å². The molecule has 166 valence electrons. The summed E-state index contributed by atoms with van der Waals surface area (Å²) in [6.45, 7) is 0.247. The van der Waals surface area contributed by atoms with Crippen LogP contribution >= 0.6 is 23.2 Å². The van der Waals surface area contributed by atoms with Crippen LogP contribution in [0.4, 0.5) is 5.69 Å². The average molecular weight is 478 g/mol. The van der Waals surface area contributed by atoms with E-state index in [0.29, 0.717) is 27.0 Å². The van der Waals surface area contributed by atoms with Crippen LogP contribution in [0.1, 0.15) is 15.9 Å². The number of anilines is 1. The Bertz CT molecular complexity index is 1260. The van der Waals surface area contributed by atoms with Gasteiger partial charge in [-0.3, -0.25) is 4.79 Å². The van der Waals surface area contributed by atoms with Gasteiger partial charge in [0.25, 0.3) is 5.91 Å². The number of methoxy groups -OCH3 is 1. The fourth-order valence-electron chi connectivity index (χ4n) is 3.35. The average Bonchev–Trinajstić information content (AvgIpc) is 2.85. The quantitative estimate of drug-likeness (QED) is 0.299. The Balaban J connectivity index is 1.47. The van der Waals surface area contributed by atoms with Gasteiger partial charge in [-0.05, 0) is 59.7 Å². The molecular formula is C27H21Cl2NO3. The number of hydrogen-bond acceptors (Lipinski definition) is 3. The molecule has 0 saturated carbocycles. The monoisotopic (exact) mass is 477 g/mol. The summed E-state index contributed by atoms with van der Waals surface area (Å²) in [5.41, 5.74) is 3.95. The lowest BCUT2D eigenvalue weighted by Gasteiger charge is -2.13. The minimum Gasteiger partial charge on any atom is -0.496 e. The first-order valence-electron chi connectivity index (χ1n) is 10.2. The number of ether oxygens (including phenoxy) is 2. The zero-order valence-corrected chi connectivity index (χ0v) is 19.4. The maximum Gasteiger partial charge on any atom is 0.255 e. The number of halogens is 2. The summed E-state index contributed by atoms with van der Waals surface area (Å²) >= 11 is 12.1. The summed E-state index contributed by atoms with van der Waals surface area (Å²) < 4.78 is 11.4. The van der Waals surface area contributed by atoms with Crippen molar-refractivity contribution in [3.63, 3.8) is 0 Å². The van der Waals surface area contributed by atoms with Gasteiger partial charge in [-0.15, -0.1) is 0 Å². The van der Waals surface area contributed by atoms with Crippen molar-refractivity contribution in [1.82, 2.24) is 0 Å². The Morgan fingerprint density at radius 2 is 1.58 bits per heavy atom. The van der Waals surface area contributed by atoms with Crippen LogP contribution in [0.3, 0.4) is 0 Å². The van der Waals surface area contributed by atoms with Crippen LogP contribution in [-0.4, -0.2) is 13.0 Å². The van der Waals surface area contributed by atoms with E-state index in [1.54, 1.807) is 43.5 Å². The van der Waals surface area contributed by atoms with Crippen molar-refractivity contribution < 1.29 is 14.3 Å². The number of nitrogens with one attached hydrogen (secondary N) is 1. The predicted molar refractivity (Wildman–Crippen MR) is 134 cm³/mol. The first-order valence-corrected chi connectivity index (χ1v) is 11.0. The fraction of sp³-hybridized carbons (Fsp3) is 0.0741. The summed E-state index contributed by atoms with van der Waals surface area (Å²) in [4.78, 5) is 12.8. The molecule has 4 aromatic carbocycles. The molecule has 0 spiro atoms. The second kappa shape index (κ2) is 10.4. The smallest absolute Gasteiger partial charge is 0.255 e. The summed E-state index contributed by atoms with van der Waals surface area (Å²) in [7, 11) is 1.58. The van der Waals surface area contributed by atoms with E-state index in [2.05, 4.69) is 17.4 Å². The van der Waals surface area contributed by atoms with Crippen LogP contribution in [0.5, 0.6) is 11.5 Å². The normalized spacial score (nSPS) is 10.5. The van der Waals surface area contributed by atoms with Crippen LogP contribution in [0.25, 0.3) is 11.1 Å². The second-order valence-electron chi connectivity index (χ2n) is 7.28. The van der Waals surface area contributed by atoms with Crippen molar-refractivity contribution in [2.24, 2.45) is 0 Å². The molecule has 0 radical (unpaired) electrons. The van der Waals surface area contributed by atoms with Crippen molar-refractivity contribution in [3.8, 4) is 22.6 Å². The first kappa shape index (κ1) is 22.7. The lowest BCUT2D eigenvalue weighted by atomic mass is 10.1. The maximum atomic E-state index is 12.8. The van der Waals surface area contributed by atoms with Crippen LogP contribution in [0, 0.1) is 0 Å². The topological polar surface area (TPSA) is 47.6 Å². The molecule has 6 heteroatoms. The molecule has 0 bridgehead atoms. The Morgan fingerprint density at radius 1 is 0.848 bits per heavy atom. The summed E-state index contributed by atoms with van der Waals surface area (Å²) in [6, 6.07) is 28.1. The number of carbonyl (C=O) groups is 1. The maximum absolute atomic E-state index is 12.8. The Labute approximate surface area is 202 Å². The third-order valence-electron chi connectivity index (χ3n) is 5.08. The van der Waals surface area contributed by atoms with Crippen LogP contribution in [0.15, 0.2) is 91.0 Å². The number of hydrogen-bond donors (Lipinski definition) is 1. The highest BCUT2D eigenvalue weighted by Crippen LogP contribution is 2.28. The SMILES string of the molecule is COc1ccc(C(=O)Nc2ccc(Cl)cc2Cl)cc1COc1ccc(-c2ccccc2)cc1. The fourth-order valence-corrected chi connectivity index (χ4v) is 3.81. The van der Waals surface area contributed by atoms with E-state index < -0.39 is 0 Å². The van der Waals surface area contributed by atoms with E-state index in [9.17, 15) is 4.79 Å². The molecule has 4 nitrogen and oxygen atoms in total. The van der Waals surface area contributed by atoms with Gasteiger partial charge in [0, 0.05) is 16.1 Å². The van der Waals surface area contributed by atoms with E-state index in [0.717, 1.165) is 22.4 Å². The minimum absolute atomic E-state index is 0.247. The van der Waals surface area contributed by atoms with Gasteiger partial charge in [-0.2, -0.15) is 0 Å². The van der Waals surface area contributed by atoms with Gasteiger partial charge in [-0.1, -0.05) is 65.7 Å². The Kier molecular flexibility index (Phi) is 7.18. The zero-order valence-electron chi connectivity index (χ0n) is 17.8. The Morgan fingerprint density at radius 3 is 2.27 bits per heavy atom. The van der Waals surface area contributed by atoms with Gasteiger partial charge < -0.3 is 14.8 Å². The number of amides is 1. The molecule has 0 heterocycles. The summed E-state index contributed by atoms with van der Waals surface area (Å²) in [6.07, 6.45) is 0. The van der Waals surface area contributed by atoms with Gasteiger partial charge in [0.2, 0.25) is 0 Å². The molecule has 1 amide bonds. The molecule has 0 aliphatic heterocycles. The van der Waals surface area contributed by atoms with Gasteiger partial charge in [-0.25, -0.2) is 0 Å². The molecule has 0 atom stereocenters. The van der Waals surface area contributed by atoms with E-state index in [-0.39, 0.29) is 12.5 Å². The number of rotatable bonds is 7. The van der Waals surface area contributed by atoms with E-state index in [1.165, 1.54) is 0 Å². The van der Waals surface area contributed by atoms with Gasteiger partial charge in [0.1, 0.15) is 18.1 Å². The highest BCUT2D eigenvalue weighted by molar-refractivity contribution is 6.36. The van der Waals surface area contributed by atoms with Crippen LogP contribution in [0.2, 0.25) is 10.0 Å². The van der Waals surface area contributed by atoms with Gasteiger partial charge in [0.15, 0.2) is 0 Å². The molecular weight excluding hydrogens is 457 g/mol. The molecule has 0 unspecified atom stereocenters. The standard InChI is InChI=1S/C27H21Cl2NO3/c1-32-26-14-9-20(27(31)30-25-13-10-22(28)16-24(25)29)15-21(26)17-33-23-11-7-19(8-12-23)18-5-3-2-4-6-18/h2-16H,17H2,1H3,(H,30,31). The zero-order chi connectivity index (χ0) is 23.2. The Hall–Kier alpha value is -3.47. The van der Waals surface area contributed by atoms with Crippen molar-refractivity contribution in [3.05, 3.63) is 112 Å². The second-order valence-corrected chi connectivity index (χ2v) is 8.13. The van der Waals surface area contributed by atoms with Crippen LogP contribution in [-0.2, 0) is 6.61 Å². The van der Waals surface area contributed by atoms with Crippen LogP contribution < -0.4 is 14.8 Å². The van der Waals surface area contributed by atoms with E-state index in [1.807, 2.05) is 42.5 Å². The molecule has 0 aliphatic rings. The molecule has 0 saturated heterocycles. The lowest BCUT2D eigenvalue weighted by molar-refractivity contribution is 0.102. The highest BCUT2D eigenvalue weighted by Gasteiger charge is 2.13. The molecule has 0 aliphatic carbocycles. The van der Waals surface area contributed by atoms with Crippen molar-refractivity contribution in [2.75, 3.05) is 12.4 Å².